The number of rotatable bonds is 12. The maximum Gasteiger partial charge on any atom is 0.270 e. The molecule has 5 aromatic rings. The van der Waals surface area contributed by atoms with Crippen LogP contribution in [-0.4, -0.2) is 107 Å². The van der Waals surface area contributed by atoms with Gasteiger partial charge in [-0.1, -0.05) is 30.3 Å². The van der Waals surface area contributed by atoms with Crippen molar-refractivity contribution < 1.29 is 36.8 Å². The molecule has 8 rings (SSSR count). The van der Waals surface area contributed by atoms with E-state index in [1.165, 1.54) is 18.3 Å². The molecule has 302 valence electrons. The summed E-state index contributed by atoms with van der Waals surface area (Å²) in [5.41, 5.74) is 9.16. The molecule has 3 aromatic carbocycles. The summed E-state index contributed by atoms with van der Waals surface area (Å²) in [6.45, 7) is 2.05. The van der Waals surface area contributed by atoms with Gasteiger partial charge in [-0.3, -0.25) is 34.2 Å². The number of piperazine rings is 1. The zero-order chi connectivity index (χ0) is 41.3. The summed E-state index contributed by atoms with van der Waals surface area (Å²) in [5.74, 6) is -1.78. The average molecular weight is 819 g/mol. The van der Waals surface area contributed by atoms with Crippen molar-refractivity contribution in [3.05, 3.63) is 90.1 Å². The Morgan fingerprint density at radius 3 is 2.34 bits per heavy atom. The van der Waals surface area contributed by atoms with Crippen molar-refractivity contribution in [2.75, 3.05) is 43.4 Å². The van der Waals surface area contributed by atoms with Crippen LogP contribution in [0.3, 0.4) is 0 Å². The number of imide groups is 2. The number of carbonyl (C=O) groups is 5. The molecule has 4 N–H and O–H groups in total. The number of benzene rings is 3. The van der Waals surface area contributed by atoms with Gasteiger partial charge in [0.25, 0.3) is 17.7 Å². The van der Waals surface area contributed by atoms with Crippen LogP contribution in [0, 0.1) is 0 Å². The average Bonchev–Trinajstić information content (AvgIpc) is 3.83. The molecule has 1 unspecified atom stereocenters. The Hall–Kier alpha value is -6.86. The number of nitrogens with two attached hydrogens (primary N) is 1. The van der Waals surface area contributed by atoms with Gasteiger partial charge in [0.1, 0.15) is 6.04 Å². The van der Waals surface area contributed by atoms with Crippen molar-refractivity contribution >= 4 is 51.1 Å². The fourth-order valence-electron chi connectivity index (χ4n) is 7.23. The van der Waals surface area contributed by atoms with Gasteiger partial charge >= 0.3 is 0 Å². The summed E-state index contributed by atoms with van der Waals surface area (Å²) >= 11 is 0. The molecule has 5 heterocycles. The number of piperidine rings is 1. The minimum atomic E-state index is -3.83. The van der Waals surface area contributed by atoms with Gasteiger partial charge in [-0.15, -0.1) is 10.2 Å². The van der Waals surface area contributed by atoms with Crippen molar-refractivity contribution in [2.45, 2.75) is 43.0 Å². The molecule has 2 aromatic heterocycles. The first-order valence-electron chi connectivity index (χ1n) is 19.0. The van der Waals surface area contributed by atoms with E-state index in [4.69, 9.17) is 10.2 Å². The highest BCUT2D eigenvalue weighted by molar-refractivity contribution is 7.89. The number of aromatic nitrogens is 4. The smallest absolute Gasteiger partial charge is 0.270 e. The SMILES string of the molecule is Nc1ncc(-c2ccc(S(=O)(=O)NCCCCC(=O)N3CCN(c4ccc5c(c4)C(=O)N(C4CCC(=O)NC4=O)C5=O)CC3)cc2)nc1-c1nnc(-c2ccccc2)o1. The second-order valence-electron chi connectivity index (χ2n) is 14.2. The van der Waals surface area contributed by atoms with E-state index in [-0.39, 0.29) is 65.1 Å². The molecule has 19 heteroatoms. The van der Waals surface area contributed by atoms with Crippen LogP contribution < -0.4 is 20.7 Å². The van der Waals surface area contributed by atoms with E-state index >= 15 is 0 Å². The molecule has 1 atom stereocenters. The van der Waals surface area contributed by atoms with Gasteiger partial charge in [0, 0.05) is 62.4 Å². The highest BCUT2D eigenvalue weighted by Crippen LogP contribution is 2.32. The van der Waals surface area contributed by atoms with Crippen LogP contribution >= 0.6 is 0 Å². The molecule has 5 amide bonds. The number of hydrogen-bond acceptors (Lipinski definition) is 14. The first kappa shape index (κ1) is 39.0. The Balaban J connectivity index is 0.789. The lowest BCUT2D eigenvalue weighted by molar-refractivity contribution is -0.136. The van der Waals surface area contributed by atoms with Crippen LogP contribution in [0.1, 0.15) is 52.8 Å². The number of anilines is 2. The highest BCUT2D eigenvalue weighted by atomic mass is 32.2. The van der Waals surface area contributed by atoms with Gasteiger partial charge in [0.2, 0.25) is 33.6 Å². The number of amides is 5. The largest absolute Gasteiger partial charge is 0.414 e. The Morgan fingerprint density at radius 2 is 1.59 bits per heavy atom. The number of carbonyl (C=O) groups excluding carboxylic acids is 5. The van der Waals surface area contributed by atoms with E-state index in [2.05, 4.69) is 30.2 Å². The van der Waals surface area contributed by atoms with Gasteiger partial charge in [-0.2, -0.15) is 0 Å². The van der Waals surface area contributed by atoms with Gasteiger partial charge in [-0.25, -0.2) is 23.1 Å². The minimum absolute atomic E-state index is 0.0395. The van der Waals surface area contributed by atoms with Gasteiger partial charge in [-0.05, 0) is 61.7 Å². The lowest BCUT2D eigenvalue weighted by atomic mass is 10.0. The fourth-order valence-corrected chi connectivity index (χ4v) is 8.31. The van der Waals surface area contributed by atoms with Crippen LogP contribution in [0.2, 0.25) is 0 Å². The third kappa shape index (κ3) is 8.01. The predicted octanol–water partition coefficient (Wildman–Crippen LogP) is 2.64. The van der Waals surface area contributed by atoms with Gasteiger partial charge in [0.15, 0.2) is 11.5 Å². The first-order chi connectivity index (χ1) is 28.5. The van der Waals surface area contributed by atoms with Crippen molar-refractivity contribution in [1.82, 2.24) is 40.0 Å². The van der Waals surface area contributed by atoms with Crippen molar-refractivity contribution in [2.24, 2.45) is 0 Å². The number of fused-ring (bicyclic) bond motifs is 1. The maximum absolute atomic E-state index is 13.3. The van der Waals surface area contributed by atoms with Crippen molar-refractivity contribution in [3.63, 3.8) is 0 Å². The van der Waals surface area contributed by atoms with E-state index in [1.807, 2.05) is 35.2 Å². The molecule has 2 saturated heterocycles. The molecule has 0 bridgehead atoms. The summed E-state index contributed by atoms with van der Waals surface area (Å²) in [6, 6.07) is 19.3. The quantitative estimate of drug-likeness (QED) is 0.121. The van der Waals surface area contributed by atoms with Crippen LogP contribution in [0.25, 0.3) is 34.3 Å². The summed E-state index contributed by atoms with van der Waals surface area (Å²) in [6.07, 6.45) is 2.78. The third-order valence-corrected chi connectivity index (χ3v) is 11.9. The minimum Gasteiger partial charge on any atom is -0.414 e. The standard InChI is InChI=1S/C40H38N10O8S/c41-35-34(38-47-46-37(58-38)25-6-2-1-3-7-25)44-30(23-42-35)24-9-12-27(13-10-24)59(56,57)43-17-5-4-8-33(52)49-20-18-48(19-21-49)26-11-14-28-29(22-26)40(55)50(39(28)54)31-15-16-32(51)45-36(31)53/h1-3,6-7,9-14,22-23,31,43H,4-5,8,15-21H2,(H2,41,42)(H,45,51,53). The van der Waals surface area contributed by atoms with Crippen LogP contribution in [0.15, 0.2) is 88.3 Å². The van der Waals surface area contributed by atoms with Crippen LogP contribution in [-0.2, 0) is 24.4 Å². The number of unbranched alkanes of at least 4 members (excludes halogenated alkanes) is 1. The molecule has 0 spiro atoms. The van der Waals surface area contributed by atoms with Crippen LogP contribution in [0.5, 0.6) is 0 Å². The highest BCUT2D eigenvalue weighted by Gasteiger charge is 2.45. The summed E-state index contributed by atoms with van der Waals surface area (Å²) < 4.78 is 34.5. The Morgan fingerprint density at radius 1 is 0.864 bits per heavy atom. The van der Waals surface area contributed by atoms with Gasteiger partial charge < -0.3 is 20.0 Å². The van der Waals surface area contributed by atoms with Gasteiger partial charge in [0.05, 0.1) is 27.9 Å². The molecule has 0 saturated carbocycles. The summed E-state index contributed by atoms with van der Waals surface area (Å²) in [5, 5.41) is 10.4. The number of nitrogens with zero attached hydrogens (tertiary/aromatic N) is 7. The number of nitrogens with one attached hydrogen (secondary N) is 2. The zero-order valence-electron chi connectivity index (χ0n) is 31.5. The number of hydrogen-bond donors (Lipinski definition) is 3. The van der Waals surface area contributed by atoms with Crippen LogP contribution in [0.4, 0.5) is 11.5 Å². The van der Waals surface area contributed by atoms with E-state index < -0.39 is 39.7 Å². The fraction of sp³-hybridized carbons (Fsp3) is 0.275. The molecule has 0 radical (unpaired) electrons. The van der Waals surface area contributed by atoms with Crippen molar-refractivity contribution in [3.8, 4) is 34.3 Å². The molecule has 2 fully saturated rings. The zero-order valence-corrected chi connectivity index (χ0v) is 32.4. The topological polar surface area (TPSA) is 244 Å². The maximum atomic E-state index is 13.3. The molecule has 18 nitrogen and oxygen atoms in total. The Kier molecular flexibility index (Phi) is 10.7. The second-order valence-corrected chi connectivity index (χ2v) is 16.0. The second kappa shape index (κ2) is 16.2. The van der Waals surface area contributed by atoms with E-state index in [0.717, 1.165) is 16.2 Å². The predicted molar refractivity (Wildman–Crippen MR) is 212 cm³/mol. The first-order valence-corrected chi connectivity index (χ1v) is 20.5. The molecular weight excluding hydrogens is 781 g/mol. The van der Waals surface area contributed by atoms with Crippen molar-refractivity contribution in [1.29, 1.82) is 0 Å². The van der Waals surface area contributed by atoms with E-state index in [9.17, 15) is 32.4 Å². The molecule has 59 heavy (non-hydrogen) atoms. The Labute approximate surface area is 337 Å². The normalized spacial score (nSPS) is 17.0. The molecular formula is C40H38N10O8S. The lowest BCUT2D eigenvalue weighted by Crippen LogP contribution is -2.54. The monoisotopic (exact) mass is 818 g/mol. The molecule has 3 aliphatic heterocycles. The summed E-state index contributed by atoms with van der Waals surface area (Å²) in [4.78, 5) is 76.9. The molecule has 0 aliphatic carbocycles. The Bertz CT molecular complexity index is 2570. The van der Waals surface area contributed by atoms with E-state index in [1.54, 1.807) is 35.2 Å². The number of nitrogen functional groups attached to an aromatic ring is 1. The third-order valence-electron chi connectivity index (χ3n) is 10.4. The van der Waals surface area contributed by atoms with E-state index in [0.29, 0.717) is 56.2 Å². The molecule has 3 aliphatic rings. The summed E-state index contributed by atoms with van der Waals surface area (Å²) in [7, 11) is -3.83. The lowest BCUT2D eigenvalue weighted by Gasteiger charge is -2.36. The number of sulfonamides is 1.